The molecule has 1 aromatic rings. The maximum atomic E-state index is 12.3. The van der Waals surface area contributed by atoms with Gasteiger partial charge in [-0.05, 0) is 24.3 Å². The van der Waals surface area contributed by atoms with Crippen LogP contribution >= 0.6 is 0 Å². The summed E-state index contributed by atoms with van der Waals surface area (Å²) in [6.07, 6.45) is 0.915. The molecule has 0 saturated heterocycles. The first-order valence-electron chi connectivity index (χ1n) is 8.20. The van der Waals surface area contributed by atoms with E-state index in [1.165, 1.54) is 0 Å². The van der Waals surface area contributed by atoms with E-state index in [4.69, 9.17) is 11.5 Å². The number of hydrogen-bond acceptors (Lipinski definition) is 4. The molecule has 0 heterocycles. The van der Waals surface area contributed by atoms with E-state index in [1.807, 2.05) is 44.2 Å². The van der Waals surface area contributed by atoms with E-state index in [1.54, 1.807) is 0 Å². The highest BCUT2D eigenvalue weighted by atomic mass is 16.2. The fraction of sp³-hybridized carbons (Fsp3) is 0.500. The van der Waals surface area contributed by atoms with Gasteiger partial charge in [0.1, 0.15) is 0 Å². The molecule has 2 atom stereocenters. The average molecular weight is 333 g/mol. The van der Waals surface area contributed by atoms with Gasteiger partial charge in [-0.3, -0.25) is 14.4 Å². The van der Waals surface area contributed by atoms with Crippen molar-refractivity contribution >= 4 is 17.6 Å². The van der Waals surface area contributed by atoms with Gasteiger partial charge in [-0.15, -0.1) is 0 Å². The third-order valence-electron chi connectivity index (χ3n) is 3.67. The molecular formula is C18H27N3O3. The molecule has 0 aliphatic carbocycles. The van der Waals surface area contributed by atoms with Crippen LogP contribution in [0.2, 0.25) is 0 Å². The SMILES string of the molecule is CC(C)C[C@H](NC(=O)[C@@H](N)Cc1ccccc1)C(=O)CCC(N)=O. The lowest BCUT2D eigenvalue weighted by Gasteiger charge is -2.21. The topological polar surface area (TPSA) is 115 Å². The number of amides is 2. The van der Waals surface area contributed by atoms with Gasteiger partial charge >= 0.3 is 0 Å². The second kappa shape index (κ2) is 9.82. The predicted molar refractivity (Wildman–Crippen MR) is 92.9 cm³/mol. The van der Waals surface area contributed by atoms with E-state index >= 15 is 0 Å². The fourth-order valence-corrected chi connectivity index (χ4v) is 2.40. The van der Waals surface area contributed by atoms with E-state index < -0.39 is 18.0 Å². The third kappa shape index (κ3) is 7.37. The number of primary amides is 1. The maximum Gasteiger partial charge on any atom is 0.237 e. The third-order valence-corrected chi connectivity index (χ3v) is 3.67. The maximum absolute atomic E-state index is 12.3. The first-order valence-corrected chi connectivity index (χ1v) is 8.20. The summed E-state index contributed by atoms with van der Waals surface area (Å²) >= 11 is 0. The Morgan fingerprint density at radius 2 is 1.71 bits per heavy atom. The molecule has 6 nitrogen and oxygen atoms in total. The summed E-state index contributed by atoms with van der Waals surface area (Å²) in [4.78, 5) is 35.4. The van der Waals surface area contributed by atoms with Crippen molar-refractivity contribution in [2.75, 3.05) is 0 Å². The number of benzene rings is 1. The van der Waals surface area contributed by atoms with Crippen molar-refractivity contribution in [3.05, 3.63) is 35.9 Å². The number of nitrogens with one attached hydrogen (secondary N) is 1. The van der Waals surface area contributed by atoms with Crippen LogP contribution in [-0.2, 0) is 20.8 Å². The molecule has 5 N–H and O–H groups in total. The summed E-state index contributed by atoms with van der Waals surface area (Å²) in [7, 11) is 0. The normalized spacial score (nSPS) is 13.3. The molecule has 0 bridgehead atoms. The second-order valence-corrected chi connectivity index (χ2v) is 6.42. The number of carbonyl (C=O) groups is 3. The van der Waals surface area contributed by atoms with Crippen molar-refractivity contribution < 1.29 is 14.4 Å². The van der Waals surface area contributed by atoms with Crippen molar-refractivity contribution in [1.29, 1.82) is 0 Å². The van der Waals surface area contributed by atoms with Crippen LogP contribution in [0.15, 0.2) is 30.3 Å². The van der Waals surface area contributed by atoms with Crippen molar-refractivity contribution in [1.82, 2.24) is 5.32 Å². The van der Waals surface area contributed by atoms with Gasteiger partial charge < -0.3 is 16.8 Å². The van der Waals surface area contributed by atoms with Gasteiger partial charge in [0.05, 0.1) is 12.1 Å². The lowest BCUT2D eigenvalue weighted by atomic mass is 9.97. The zero-order valence-corrected chi connectivity index (χ0v) is 14.3. The van der Waals surface area contributed by atoms with Crippen LogP contribution in [0.4, 0.5) is 0 Å². The van der Waals surface area contributed by atoms with Crippen LogP contribution in [0.1, 0.15) is 38.7 Å². The van der Waals surface area contributed by atoms with Crippen molar-refractivity contribution in [2.24, 2.45) is 17.4 Å². The molecular weight excluding hydrogens is 306 g/mol. The Hall–Kier alpha value is -2.21. The Bertz CT molecular complexity index is 558. The molecule has 0 aromatic heterocycles. The average Bonchev–Trinajstić information content (AvgIpc) is 2.52. The molecule has 24 heavy (non-hydrogen) atoms. The molecule has 0 aliphatic rings. The second-order valence-electron chi connectivity index (χ2n) is 6.42. The highest BCUT2D eigenvalue weighted by Crippen LogP contribution is 2.10. The van der Waals surface area contributed by atoms with E-state index in [-0.39, 0.29) is 30.4 Å². The molecule has 132 valence electrons. The Morgan fingerprint density at radius 3 is 2.25 bits per heavy atom. The minimum absolute atomic E-state index is 0.0145. The Morgan fingerprint density at radius 1 is 1.08 bits per heavy atom. The molecule has 0 radical (unpaired) electrons. The minimum Gasteiger partial charge on any atom is -0.370 e. The van der Waals surface area contributed by atoms with E-state index in [0.717, 1.165) is 5.56 Å². The summed E-state index contributed by atoms with van der Waals surface area (Å²) in [6, 6.07) is 8.09. The number of ketones is 1. The standard InChI is InChI=1S/C18H27N3O3/c1-12(2)10-15(16(22)8-9-17(20)23)21-18(24)14(19)11-13-6-4-3-5-7-13/h3-7,12,14-15H,8-11,19H2,1-2H3,(H2,20,23)(H,21,24)/t14-,15-/m0/s1. The zero-order chi connectivity index (χ0) is 18.1. The van der Waals surface area contributed by atoms with Gasteiger partial charge in [-0.1, -0.05) is 44.2 Å². The molecule has 2 amide bonds. The van der Waals surface area contributed by atoms with Crippen LogP contribution in [-0.4, -0.2) is 29.7 Å². The monoisotopic (exact) mass is 333 g/mol. The van der Waals surface area contributed by atoms with Crippen LogP contribution < -0.4 is 16.8 Å². The number of nitrogens with two attached hydrogens (primary N) is 2. The lowest BCUT2D eigenvalue weighted by Crippen LogP contribution is -2.49. The van der Waals surface area contributed by atoms with E-state index in [9.17, 15) is 14.4 Å². The molecule has 1 rings (SSSR count). The first kappa shape index (κ1) is 19.8. The van der Waals surface area contributed by atoms with Gasteiger partial charge in [-0.2, -0.15) is 0 Å². The highest BCUT2D eigenvalue weighted by Gasteiger charge is 2.24. The Labute approximate surface area is 143 Å². The van der Waals surface area contributed by atoms with E-state index in [2.05, 4.69) is 5.32 Å². The number of rotatable bonds is 10. The summed E-state index contributed by atoms with van der Waals surface area (Å²) in [5, 5.41) is 2.73. The van der Waals surface area contributed by atoms with Crippen molar-refractivity contribution in [3.63, 3.8) is 0 Å². The van der Waals surface area contributed by atoms with Gasteiger partial charge in [0.15, 0.2) is 5.78 Å². The van der Waals surface area contributed by atoms with Crippen LogP contribution in [0, 0.1) is 5.92 Å². The van der Waals surface area contributed by atoms with Crippen molar-refractivity contribution in [3.8, 4) is 0 Å². The van der Waals surface area contributed by atoms with Gasteiger partial charge in [0.2, 0.25) is 11.8 Å². The minimum atomic E-state index is -0.731. The van der Waals surface area contributed by atoms with E-state index in [0.29, 0.717) is 12.8 Å². The fourth-order valence-electron chi connectivity index (χ4n) is 2.40. The first-order chi connectivity index (χ1) is 11.3. The van der Waals surface area contributed by atoms with Gasteiger partial charge in [0.25, 0.3) is 0 Å². The van der Waals surface area contributed by atoms with Gasteiger partial charge in [-0.25, -0.2) is 0 Å². The highest BCUT2D eigenvalue weighted by molar-refractivity contribution is 5.92. The smallest absolute Gasteiger partial charge is 0.237 e. The molecule has 0 aliphatic heterocycles. The number of carbonyl (C=O) groups excluding carboxylic acids is 3. The Kier molecular flexibility index (Phi) is 8.12. The molecule has 1 aromatic carbocycles. The van der Waals surface area contributed by atoms with Gasteiger partial charge in [0, 0.05) is 12.8 Å². The molecule has 6 heteroatoms. The summed E-state index contributed by atoms with van der Waals surface area (Å²) in [5.41, 5.74) is 12.0. The summed E-state index contributed by atoms with van der Waals surface area (Å²) in [5.74, 6) is -0.864. The molecule has 0 saturated carbocycles. The lowest BCUT2D eigenvalue weighted by molar-refractivity contribution is -0.129. The summed E-state index contributed by atoms with van der Waals surface area (Å²) in [6.45, 7) is 3.93. The predicted octanol–water partition coefficient (Wildman–Crippen LogP) is 0.922. The molecule has 0 unspecified atom stereocenters. The number of Topliss-reactive ketones (excluding diaryl/α,β-unsaturated/α-hetero) is 1. The largest absolute Gasteiger partial charge is 0.370 e. The quantitative estimate of drug-likeness (QED) is 0.590. The van der Waals surface area contributed by atoms with Crippen molar-refractivity contribution in [2.45, 2.75) is 51.6 Å². The molecule has 0 spiro atoms. The molecule has 0 fully saturated rings. The van der Waals surface area contributed by atoms with Crippen LogP contribution in [0.5, 0.6) is 0 Å². The zero-order valence-electron chi connectivity index (χ0n) is 14.3. The number of hydrogen-bond donors (Lipinski definition) is 3. The van der Waals surface area contributed by atoms with Crippen LogP contribution in [0.25, 0.3) is 0 Å². The van der Waals surface area contributed by atoms with Crippen LogP contribution in [0.3, 0.4) is 0 Å². The Balaban J connectivity index is 2.65. The summed E-state index contributed by atoms with van der Waals surface area (Å²) < 4.78 is 0.